The number of nitrogens with zero attached hydrogens (tertiary/aromatic N) is 6. The highest BCUT2D eigenvalue weighted by Gasteiger charge is 2.21. The molecule has 0 aliphatic carbocycles. The van der Waals surface area contributed by atoms with Crippen LogP contribution in [-0.4, -0.2) is 58.4 Å². The number of amidine groups is 1. The van der Waals surface area contributed by atoms with E-state index in [4.69, 9.17) is 0 Å². The van der Waals surface area contributed by atoms with E-state index in [0.29, 0.717) is 23.9 Å². The van der Waals surface area contributed by atoms with E-state index in [-0.39, 0.29) is 17.2 Å². The molecule has 184 valence electrons. The van der Waals surface area contributed by atoms with E-state index >= 15 is 0 Å². The third-order valence-electron chi connectivity index (χ3n) is 5.93. The zero-order valence-corrected chi connectivity index (χ0v) is 21.3. The maximum atomic E-state index is 12.8. The Labute approximate surface area is 205 Å². The Bertz CT molecular complexity index is 1390. The fourth-order valence-electron chi connectivity index (χ4n) is 4.10. The Kier molecular flexibility index (Phi) is 6.70. The van der Waals surface area contributed by atoms with Gasteiger partial charge in [0.25, 0.3) is 16.0 Å². The number of anilines is 1. The molecule has 1 aliphatic rings. The van der Waals surface area contributed by atoms with Crippen LogP contribution in [0.15, 0.2) is 39.6 Å². The van der Waals surface area contributed by atoms with Crippen LogP contribution in [0.1, 0.15) is 41.2 Å². The molecule has 1 aliphatic heterocycles. The molecular formula is C24H29N7O3S. The van der Waals surface area contributed by atoms with Crippen LogP contribution < -0.4 is 5.32 Å². The summed E-state index contributed by atoms with van der Waals surface area (Å²) in [6.07, 6.45) is 1.66. The van der Waals surface area contributed by atoms with Crippen molar-refractivity contribution in [1.29, 1.82) is 0 Å². The average molecular weight is 496 g/mol. The number of hydrogen-bond donors (Lipinski definition) is 1. The number of likely N-dealkylation sites (tertiary alicyclic amines) is 1. The molecule has 0 radical (unpaired) electrons. The van der Waals surface area contributed by atoms with Gasteiger partial charge in [-0.15, -0.1) is 4.40 Å². The second-order valence-corrected chi connectivity index (χ2v) is 10.4. The standard InChI is InChI=1S/C24H29N7O3S/c1-15-13-16(2)26-24(25-15)31-18(4)21(17(3)28-31)14-23(32)27-19-8-10-20(11-9-19)35(33,34)29-22-7-6-12-30(22)5/h8-11,13H,6-7,12,14H2,1-5H3,(H,27,32)/b29-22+. The first-order valence-corrected chi connectivity index (χ1v) is 12.8. The zero-order chi connectivity index (χ0) is 25.3. The number of benzene rings is 1. The third-order valence-corrected chi connectivity index (χ3v) is 7.25. The van der Waals surface area contributed by atoms with Gasteiger partial charge in [0.15, 0.2) is 0 Å². The summed E-state index contributed by atoms with van der Waals surface area (Å²) in [7, 11) is -1.97. The SMILES string of the molecule is Cc1cc(C)nc(-n2nc(C)c(CC(=O)Nc3ccc(S(=O)(=O)/N=C4\CCCN4C)cc3)c2C)n1. The summed E-state index contributed by atoms with van der Waals surface area (Å²) in [5.41, 5.74) is 4.48. The van der Waals surface area contributed by atoms with E-state index < -0.39 is 10.0 Å². The van der Waals surface area contributed by atoms with E-state index in [0.717, 1.165) is 41.3 Å². The molecule has 1 fully saturated rings. The Hall–Kier alpha value is -3.60. The molecule has 0 spiro atoms. The van der Waals surface area contributed by atoms with Gasteiger partial charge in [-0.25, -0.2) is 14.6 Å². The second-order valence-electron chi connectivity index (χ2n) is 8.77. The maximum absolute atomic E-state index is 12.8. The quantitative estimate of drug-likeness (QED) is 0.558. The summed E-state index contributed by atoms with van der Waals surface area (Å²) >= 11 is 0. The van der Waals surface area contributed by atoms with Crippen molar-refractivity contribution >= 4 is 27.5 Å². The van der Waals surface area contributed by atoms with Crippen LogP contribution >= 0.6 is 0 Å². The van der Waals surface area contributed by atoms with E-state index in [1.165, 1.54) is 12.1 Å². The smallest absolute Gasteiger partial charge is 0.283 e. The van der Waals surface area contributed by atoms with Gasteiger partial charge in [0.05, 0.1) is 17.0 Å². The molecule has 0 unspecified atom stereocenters. The average Bonchev–Trinajstić information content (AvgIpc) is 3.30. The van der Waals surface area contributed by atoms with Gasteiger partial charge in [-0.1, -0.05) is 0 Å². The van der Waals surface area contributed by atoms with Gasteiger partial charge in [-0.3, -0.25) is 4.79 Å². The molecule has 1 aromatic carbocycles. The normalized spacial score (nSPS) is 15.1. The van der Waals surface area contributed by atoms with E-state index in [9.17, 15) is 13.2 Å². The molecule has 10 nitrogen and oxygen atoms in total. The summed E-state index contributed by atoms with van der Waals surface area (Å²) in [5.74, 6) is 0.805. The summed E-state index contributed by atoms with van der Waals surface area (Å²) in [6, 6.07) is 7.93. The van der Waals surface area contributed by atoms with Crippen molar-refractivity contribution in [2.75, 3.05) is 18.9 Å². The number of rotatable bonds is 6. The highest BCUT2D eigenvalue weighted by molar-refractivity contribution is 7.90. The number of carbonyl (C=O) groups excluding carboxylic acids is 1. The molecule has 4 rings (SSSR count). The minimum Gasteiger partial charge on any atom is -0.362 e. The maximum Gasteiger partial charge on any atom is 0.283 e. The molecule has 1 N–H and O–H groups in total. The Morgan fingerprint density at radius 1 is 1.09 bits per heavy atom. The zero-order valence-electron chi connectivity index (χ0n) is 20.5. The lowest BCUT2D eigenvalue weighted by atomic mass is 10.1. The Balaban J connectivity index is 1.47. The summed E-state index contributed by atoms with van der Waals surface area (Å²) in [4.78, 5) is 23.6. The van der Waals surface area contributed by atoms with Gasteiger partial charge in [0.1, 0.15) is 5.84 Å². The largest absolute Gasteiger partial charge is 0.362 e. The summed E-state index contributed by atoms with van der Waals surface area (Å²) in [6.45, 7) is 8.32. The fraction of sp³-hybridized carbons (Fsp3) is 0.375. The Morgan fingerprint density at radius 3 is 2.34 bits per heavy atom. The summed E-state index contributed by atoms with van der Waals surface area (Å²) in [5, 5.41) is 7.36. The first-order valence-electron chi connectivity index (χ1n) is 11.4. The van der Waals surface area contributed by atoms with E-state index in [1.54, 1.807) is 16.8 Å². The molecule has 35 heavy (non-hydrogen) atoms. The molecule has 3 aromatic rings. The molecule has 0 bridgehead atoms. The Morgan fingerprint density at radius 2 is 1.74 bits per heavy atom. The van der Waals surface area contributed by atoms with Crippen molar-refractivity contribution in [2.45, 2.75) is 51.9 Å². The van der Waals surface area contributed by atoms with Crippen LogP contribution in [0.25, 0.3) is 5.95 Å². The topological polar surface area (TPSA) is 122 Å². The lowest BCUT2D eigenvalue weighted by molar-refractivity contribution is -0.115. The lowest BCUT2D eigenvalue weighted by Crippen LogP contribution is -2.20. The minimum absolute atomic E-state index is 0.0877. The number of carbonyl (C=O) groups is 1. The van der Waals surface area contributed by atoms with Gasteiger partial charge in [0, 0.05) is 48.3 Å². The molecule has 11 heteroatoms. The van der Waals surface area contributed by atoms with Gasteiger partial charge in [-0.05, 0) is 64.4 Å². The van der Waals surface area contributed by atoms with Crippen LogP contribution in [0, 0.1) is 27.7 Å². The molecule has 3 heterocycles. The van der Waals surface area contributed by atoms with Gasteiger partial charge < -0.3 is 10.2 Å². The van der Waals surface area contributed by atoms with Crippen LogP contribution in [0.5, 0.6) is 0 Å². The summed E-state index contributed by atoms with van der Waals surface area (Å²) < 4.78 is 30.9. The predicted octanol–water partition coefficient (Wildman–Crippen LogP) is 2.89. The van der Waals surface area contributed by atoms with Crippen LogP contribution in [0.3, 0.4) is 0 Å². The monoisotopic (exact) mass is 495 g/mol. The van der Waals surface area contributed by atoms with E-state index in [2.05, 4.69) is 24.8 Å². The fourth-order valence-corrected chi connectivity index (χ4v) is 5.20. The highest BCUT2D eigenvalue weighted by atomic mass is 32.2. The van der Waals surface area contributed by atoms with Crippen molar-refractivity contribution in [3.63, 3.8) is 0 Å². The first kappa shape index (κ1) is 24.5. The van der Waals surface area contributed by atoms with Gasteiger partial charge in [-0.2, -0.15) is 13.5 Å². The number of hydrogen-bond acceptors (Lipinski definition) is 6. The van der Waals surface area contributed by atoms with Crippen LogP contribution in [-0.2, 0) is 21.2 Å². The van der Waals surface area contributed by atoms with Crippen molar-refractivity contribution in [1.82, 2.24) is 24.6 Å². The van der Waals surface area contributed by atoms with Crippen molar-refractivity contribution < 1.29 is 13.2 Å². The number of amides is 1. The van der Waals surface area contributed by atoms with Crippen LogP contribution in [0.2, 0.25) is 0 Å². The number of nitrogens with one attached hydrogen (secondary N) is 1. The number of sulfonamides is 1. The molecule has 2 aromatic heterocycles. The minimum atomic E-state index is -3.80. The van der Waals surface area contributed by atoms with E-state index in [1.807, 2.05) is 45.7 Å². The highest BCUT2D eigenvalue weighted by Crippen LogP contribution is 2.21. The number of aryl methyl sites for hydroxylation is 3. The lowest BCUT2D eigenvalue weighted by Gasteiger charge is -2.11. The van der Waals surface area contributed by atoms with Crippen molar-refractivity contribution in [3.8, 4) is 5.95 Å². The predicted molar refractivity (Wildman–Crippen MR) is 133 cm³/mol. The number of aromatic nitrogens is 4. The van der Waals surface area contributed by atoms with Crippen LogP contribution in [0.4, 0.5) is 5.69 Å². The first-order chi connectivity index (χ1) is 16.5. The molecule has 0 saturated carbocycles. The van der Waals surface area contributed by atoms with Crippen molar-refractivity contribution in [2.24, 2.45) is 4.40 Å². The molecular weight excluding hydrogens is 466 g/mol. The van der Waals surface area contributed by atoms with Gasteiger partial charge in [0.2, 0.25) is 5.91 Å². The third kappa shape index (κ3) is 5.40. The molecule has 1 amide bonds. The second kappa shape index (κ2) is 9.57. The molecule has 1 saturated heterocycles. The van der Waals surface area contributed by atoms with Crippen molar-refractivity contribution in [3.05, 3.63) is 58.7 Å². The van der Waals surface area contributed by atoms with Gasteiger partial charge >= 0.3 is 0 Å². The molecule has 0 atom stereocenters.